The van der Waals surface area contributed by atoms with E-state index in [9.17, 15) is 5.11 Å². The molecule has 0 spiro atoms. The number of thiophene rings is 1. The van der Waals surface area contributed by atoms with Crippen LogP contribution in [0.5, 0.6) is 0 Å². The highest BCUT2D eigenvalue weighted by molar-refractivity contribution is 7.99. The Morgan fingerprint density at radius 3 is 1.67 bits per heavy atom. The SMILES string of the molecule is OC1(c2cc(-c3ccccc3)cc(-c3ccc(N(c4ccccc4)c4ccc5sc6ccccc6c5c4-c4ccccc4)cc3)c2)c2ccc(N(c3ccccc3)c3cc(-c4ccccc4)c4oc5ccccc5c4c3)cc2Sc2c(Cl)cccc21. The van der Waals surface area contributed by atoms with Gasteiger partial charge in [0.2, 0.25) is 0 Å². The summed E-state index contributed by atoms with van der Waals surface area (Å²) >= 11 is 10.7. The first-order chi connectivity index (χ1) is 42.4. The number of furan rings is 1. The van der Waals surface area contributed by atoms with Gasteiger partial charge in [-0.25, -0.2) is 0 Å². The number of anilines is 6. The smallest absolute Gasteiger partial charge is 0.143 e. The summed E-state index contributed by atoms with van der Waals surface area (Å²) in [7, 11) is 0. The zero-order valence-corrected chi connectivity index (χ0v) is 48.7. The second-order valence-electron chi connectivity index (χ2n) is 21.8. The van der Waals surface area contributed by atoms with E-state index in [4.69, 9.17) is 16.0 Å². The molecule has 86 heavy (non-hydrogen) atoms. The lowest BCUT2D eigenvalue weighted by molar-refractivity contribution is 0.119. The predicted molar refractivity (Wildman–Crippen MR) is 362 cm³/mol. The van der Waals surface area contributed by atoms with Crippen LogP contribution in [-0.4, -0.2) is 5.11 Å². The van der Waals surface area contributed by atoms with Gasteiger partial charge >= 0.3 is 0 Å². The number of nitrogens with zero attached hydrogens (tertiary/aromatic N) is 2. The lowest BCUT2D eigenvalue weighted by atomic mass is 9.78. The molecule has 1 N–H and O–H groups in total. The molecule has 0 saturated heterocycles. The van der Waals surface area contributed by atoms with Gasteiger partial charge in [-0.15, -0.1) is 11.3 Å². The lowest BCUT2D eigenvalue weighted by Gasteiger charge is -2.38. The number of fused-ring (bicyclic) bond motifs is 8. The molecule has 408 valence electrons. The predicted octanol–water partition coefficient (Wildman–Crippen LogP) is 23.0. The molecular formula is C79H51ClN2O2S2. The fraction of sp³-hybridized carbons (Fsp3) is 0.0127. The Kier molecular flexibility index (Phi) is 12.8. The molecule has 13 aromatic carbocycles. The minimum atomic E-state index is -1.63. The highest BCUT2D eigenvalue weighted by atomic mass is 35.5. The molecule has 4 nitrogen and oxygen atoms in total. The molecule has 0 fully saturated rings. The van der Waals surface area contributed by atoms with E-state index in [2.05, 4.69) is 265 Å². The van der Waals surface area contributed by atoms with Gasteiger partial charge in [0.1, 0.15) is 16.8 Å². The highest BCUT2D eigenvalue weighted by Crippen LogP contribution is 2.56. The van der Waals surface area contributed by atoms with Gasteiger partial charge in [-0.3, -0.25) is 0 Å². The van der Waals surface area contributed by atoms with Crippen LogP contribution in [0.25, 0.3) is 86.6 Å². The molecule has 0 bridgehead atoms. The van der Waals surface area contributed by atoms with Gasteiger partial charge in [-0.1, -0.05) is 217 Å². The Morgan fingerprint density at radius 2 is 0.965 bits per heavy atom. The van der Waals surface area contributed by atoms with Crippen molar-refractivity contribution in [2.45, 2.75) is 15.4 Å². The summed E-state index contributed by atoms with van der Waals surface area (Å²) in [4.78, 5) is 6.39. The van der Waals surface area contributed by atoms with Crippen LogP contribution < -0.4 is 9.80 Å². The maximum atomic E-state index is 14.2. The number of hydrogen-bond donors (Lipinski definition) is 1. The van der Waals surface area contributed by atoms with E-state index in [1.165, 1.54) is 25.7 Å². The minimum absolute atomic E-state index is 0.575. The molecule has 0 radical (unpaired) electrons. The third kappa shape index (κ3) is 8.80. The summed E-state index contributed by atoms with van der Waals surface area (Å²) in [5, 5.41) is 19.4. The van der Waals surface area contributed by atoms with Crippen molar-refractivity contribution < 1.29 is 9.52 Å². The summed E-state index contributed by atoms with van der Waals surface area (Å²) in [6.45, 7) is 0. The van der Waals surface area contributed by atoms with Crippen molar-refractivity contribution in [3.05, 3.63) is 325 Å². The van der Waals surface area contributed by atoms with Crippen molar-refractivity contribution in [2.75, 3.05) is 9.80 Å². The second kappa shape index (κ2) is 21.3. The van der Waals surface area contributed by atoms with Crippen molar-refractivity contribution in [3.8, 4) is 44.5 Å². The Hall–Kier alpha value is -9.92. The summed E-state index contributed by atoms with van der Waals surface area (Å²) in [5.74, 6) is 0. The number of aliphatic hydroxyl groups is 1. The molecular weight excluding hydrogens is 1110 g/mol. The Labute approximate surface area is 511 Å². The molecule has 2 aromatic heterocycles. The van der Waals surface area contributed by atoms with E-state index >= 15 is 0 Å². The van der Waals surface area contributed by atoms with Crippen molar-refractivity contribution in [1.82, 2.24) is 0 Å². The first-order valence-electron chi connectivity index (χ1n) is 28.8. The average molecular weight is 1160 g/mol. The number of hydrogen-bond acceptors (Lipinski definition) is 6. The van der Waals surface area contributed by atoms with E-state index in [1.54, 1.807) is 11.8 Å². The topological polar surface area (TPSA) is 39.9 Å². The van der Waals surface area contributed by atoms with Crippen LogP contribution in [0.4, 0.5) is 34.1 Å². The first-order valence-corrected chi connectivity index (χ1v) is 30.8. The quantitative estimate of drug-likeness (QED) is 0.140. The summed E-state index contributed by atoms with van der Waals surface area (Å²) in [6.07, 6.45) is 0. The Bertz CT molecular complexity index is 5050. The zero-order valence-electron chi connectivity index (χ0n) is 46.3. The Morgan fingerprint density at radius 1 is 0.384 bits per heavy atom. The standard InChI is InChI=1S/C79H51ClN2O2S2/c80-69-34-20-33-68-78(69)86-74-50-61(81(58-27-12-4-13-28-58)62-48-65(53-23-8-2-9-24-53)77-66(49-62)63-31-16-18-35-71(63)84-77)41-42-67(74)79(68,83)57-46-55(51-21-6-1-7-22-51)45-56(47-57)52-37-39-60(40-38-52)82(59-29-14-5-15-30-59)70-43-44-73-76(64-32-17-19-36-72(64)85-73)75(70)54-25-10-3-11-26-54/h1-50,83H. The monoisotopic (exact) mass is 1160 g/mol. The maximum absolute atomic E-state index is 14.2. The molecule has 7 heteroatoms. The normalized spacial score (nSPS) is 13.7. The summed E-state index contributed by atoms with van der Waals surface area (Å²) < 4.78 is 9.18. The average Bonchev–Trinajstić information content (AvgIpc) is 1.43. The number of para-hydroxylation sites is 3. The van der Waals surface area contributed by atoms with E-state index in [0.717, 1.165) is 121 Å². The lowest BCUT2D eigenvalue weighted by Crippen LogP contribution is -2.32. The largest absolute Gasteiger partial charge is 0.455 e. The molecule has 1 aliphatic rings. The molecule has 0 aliphatic carbocycles. The van der Waals surface area contributed by atoms with E-state index in [-0.39, 0.29) is 0 Å². The maximum Gasteiger partial charge on any atom is 0.143 e. The van der Waals surface area contributed by atoms with Crippen LogP contribution >= 0.6 is 34.7 Å². The Balaban J connectivity index is 0.856. The van der Waals surface area contributed by atoms with Gasteiger partial charge in [-0.05, 0) is 148 Å². The van der Waals surface area contributed by atoms with E-state index < -0.39 is 5.60 Å². The van der Waals surface area contributed by atoms with Crippen LogP contribution in [0.1, 0.15) is 16.7 Å². The van der Waals surface area contributed by atoms with Gasteiger partial charge in [0.25, 0.3) is 0 Å². The molecule has 1 aliphatic heterocycles. The number of halogens is 1. The van der Waals surface area contributed by atoms with Gasteiger partial charge < -0.3 is 19.3 Å². The van der Waals surface area contributed by atoms with Crippen molar-refractivity contribution >= 4 is 111 Å². The minimum Gasteiger partial charge on any atom is -0.455 e. The van der Waals surface area contributed by atoms with Gasteiger partial charge in [0.15, 0.2) is 0 Å². The highest BCUT2D eigenvalue weighted by Gasteiger charge is 2.43. The van der Waals surface area contributed by atoms with Crippen LogP contribution in [0.15, 0.2) is 318 Å². The van der Waals surface area contributed by atoms with Crippen LogP contribution in [0, 0.1) is 0 Å². The third-order valence-corrected chi connectivity index (χ3v) is 19.5. The molecule has 0 saturated carbocycles. The molecule has 1 atom stereocenters. The van der Waals surface area contributed by atoms with Crippen LogP contribution in [0.2, 0.25) is 5.02 Å². The molecule has 0 amide bonds. The third-order valence-electron chi connectivity index (χ3n) is 16.8. The molecule has 16 rings (SSSR count). The molecule has 3 heterocycles. The van der Waals surface area contributed by atoms with E-state index in [1.807, 2.05) is 59.9 Å². The van der Waals surface area contributed by atoms with Crippen molar-refractivity contribution in [3.63, 3.8) is 0 Å². The fourth-order valence-corrected chi connectivity index (χ4v) is 15.4. The van der Waals surface area contributed by atoms with Crippen molar-refractivity contribution in [1.29, 1.82) is 0 Å². The second-order valence-corrected chi connectivity index (χ2v) is 24.3. The summed E-state index contributed by atoms with van der Waals surface area (Å²) in [5.41, 5.74) is 16.7. The zero-order chi connectivity index (χ0) is 57.3. The van der Waals surface area contributed by atoms with E-state index in [0.29, 0.717) is 5.02 Å². The fourth-order valence-electron chi connectivity index (χ4n) is 12.8. The number of rotatable bonds is 11. The first kappa shape index (κ1) is 51.7. The van der Waals surface area contributed by atoms with Gasteiger partial charge in [0.05, 0.1) is 10.7 Å². The number of benzene rings is 13. The van der Waals surface area contributed by atoms with Crippen LogP contribution in [-0.2, 0) is 5.60 Å². The summed E-state index contributed by atoms with van der Waals surface area (Å²) in [6, 6.07) is 107. The van der Waals surface area contributed by atoms with Gasteiger partial charge in [-0.2, -0.15) is 0 Å². The van der Waals surface area contributed by atoms with Gasteiger partial charge in [0, 0.05) is 91.4 Å². The molecule has 1 unspecified atom stereocenters. The van der Waals surface area contributed by atoms with Crippen molar-refractivity contribution in [2.24, 2.45) is 0 Å². The van der Waals surface area contributed by atoms with Crippen LogP contribution in [0.3, 0.4) is 0 Å². The molecule has 15 aromatic rings.